The second kappa shape index (κ2) is 15.8. The van der Waals surface area contributed by atoms with Crippen molar-refractivity contribution >= 4 is 22.9 Å². The monoisotopic (exact) mass is 636 g/mol. The van der Waals surface area contributed by atoms with Gasteiger partial charge in [0.1, 0.15) is 0 Å². The third kappa shape index (κ3) is 8.34. The standard InChI is InChI=1S/2C18H26N2O3/c2*1-18(2,20-9-13-23-14-10-20)17(21)15-3-5-16(6-4-15)19-7-11-22-12-8-19/h2*3-6H,7-14H2,1-2H3. The number of ketones is 2. The minimum atomic E-state index is -0.496. The molecule has 4 aliphatic heterocycles. The summed E-state index contributed by atoms with van der Waals surface area (Å²) in [7, 11) is 0. The van der Waals surface area contributed by atoms with Gasteiger partial charge in [0, 0.05) is 74.9 Å². The Bertz CT molecular complexity index is 1160. The fraction of sp³-hybridized carbons (Fsp3) is 0.611. The zero-order valence-corrected chi connectivity index (χ0v) is 28.2. The average Bonchev–Trinajstić information content (AvgIpc) is 3.13. The molecule has 0 spiro atoms. The number of hydrogen-bond donors (Lipinski definition) is 0. The van der Waals surface area contributed by atoms with Crippen LogP contribution in [0.4, 0.5) is 11.4 Å². The zero-order valence-electron chi connectivity index (χ0n) is 28.2. The first-order valence-electron chi connectivity index (χ1n) is 16.8. The highest BCUT2D eigenvalue weighted by atomic mass is 16.5. The maximum atomic E-state index is 12.9. The molecule has 0 radical (unpaired) electrons. The van der Waals surface area contributed by atoms with Crippen LogP contribution in [0.3, 0.4) is 0 Å². The molecule has 46 heavy (non-hydrogen) atoms. The van der Waals surface area contributed by atoms with Crippen molar-refractivity contribution in [1.82, 2.24) is 9.80 Å². The number of benzene rings is 2. The van der Waals surface area contributed by atoms with Crippen molar-refractivity contribution in [1.29, 1.82) is 0 Å². The summed E-state index contributed by atoms with van der Waals surface area (Å²) in [4.78, 5) is 34.9. The van der Waals surface area contributed by atoms with Gasteiger partial charge in [-0.3, -0.25) is 19.4 Å². The van der Waals surface area contributed by atoms with Gasteiger partial charge in [-0.05, 0) is 76.2 Å². The number of morpholine rings is 4. The fourth-order valence-electron chi connectivity index (χ4n) is 6.53. The van der Waals surface area contributed by atoms with Gasteiger partial charge in [0.05, 0.1) is 63.9 Å². The third-order valence-electron chi connectivity index (χ3n) is 9.73. The summed E-state index contributed by atoms with van der Waals surface area (Å²) in [6, 6.07) is 16.0. The molecule has 0 amide bonds. The second-order valence-electron chi connectivity index (χ2n) is 13.3. The molecule has 4 aliphatic rings. The number of nitrogens with zero attached hydrogens (tertiary/aromatic N) is 4. The molecule has 0 N–H and O–H groups in total. The van der Waals surface area contributed by atoms with E-state index in [1.54, 1.807) is 0 Å². The molecule has 0 unspecified atom stereocenters. The maximum absolute atomic E-state index is 12.9. The number of carbonyl (C=O) groups is 2. The molecule has 0 aliphatic carbocycles. The Labute approximate surface area is 274 Å². The van der Waals surface area contributed by atoms with E-state index in [1.807, 2.05) is 76.2 Å². The van der Waals surface area contributed by atoms with Crippen molar-refractivity contribution in [2.45, 2.75) is 38.8 Å². The van der Waals surface area contributed by atoms with Gasteiger partial charge in [-0.15, -0.1) is 0 Å². The number of ether oxygens (including phenoxy) is 4. The normalized spacial score (nSPS) is 20.5. The van der Waals surface area contributed by atoms with Crippen molar-refractivity contribution in [3.8, 4) is 0 Å². The van der Waals surface area contributed by atoms with Crippen molar-refractivity contribution in [2.24, 2.45) is 0 Å². The van der Waals surface area contributed by atoms with Crippen LogP contribution in [0.25, 0.3) is 0 Å². The Hall–Kier alpha value is -2.86. The zero-order chi connectivity index (χ0) is 32.6. The van der Waals surface area contributed by atoms with Crippen LogP contribution in [0.15, 0.2) is 48.5 Å². The summed E-state index contributed by atoms with van der Waals surface area (Å²) >= 11 is 0. The topological polar surface area (TPSA) is 84.0 Å². The molecule has 0 aromatic heterocycles. The van der Waals surface area contributed by atoms with E-state index in [2.05, 4.69) is 19.6 Å². The van der Waals surface area contributed by atoms with Gasteiger partial charge in [0.2, 0.25) is 0 Å². The van der Waals surface area contributed by atoms with Crippen LogP contribution in [0, 0.1) is 0 Å². The largest absolute Gasteiger partial charge is 0.379 e. The van der Waals surface area contributed by atoms with E-state index in [1.165, 1.54) is 0 Å². The van der Waals surface area contributed by atoms with E-state index >= 15 is 0 Å². The molecule has 2 aromatic carbocycles. The lowest BCUT2D eigenvalue weighted by Gasteiger charge is -2.39. The molecule has 0 atom stereocenters. The van der Waals surface area contributed by atoms with Gasteiger partial charge in [-0.25, -0.2) is 0 Å². The molecule has 4 heterocycles. The summed E-state index contributed by atoms with van der Waals surface area (Å²) in [6.45, 7) is 20.8. The number of anilines is 2. The molecule has 10 heteroatoms. The van der Waals surface area contributed by atoms with Crippen LogP contribution in [0.1, 0.15) is 48.4 Å². The number of hydrogen-bond acceptors (Lipinski definition) is 10. The van der Waals surface area contributed by atoms with E-state index in [0.717, 1.165) is 101 Å². The van der Waals surface area contributed by atoms with E-state index < -0.39 is 11.1 Å². The fourth-order valence-corrected chi connectivity index (χ4v) is 6.53. The smallest absolute Gasteiger partial charge is 0.182 e. The highest BCUT2D eigenvalue weighted by molar-refractivity contribution is 6.03. The van der Waals surface area contributed by atoms with Crippen LogP contribution in [-0.4, -0.2) is 138 Å². The summed E-state index contributed by atoms with van der Waals surface area (Å²) < 4.78 is 21.6. The Morgan fingerprint density at radius 3 is 1.00 bits per heavy atom. The summed E-state index contributed by atoms with van der Waals surface area (Å²) in [5.41, 5.74) is 2.88. The molecule has 252 valence electrons. The molecule has 4 saturated heterocycles. The number of Topliss-reactive ketones (excluding diaryl/α,β-unsaturated/α-hetero) is 2. The van der Waals surface area contributed by atoms with Gasteiger partial charge in [0.25, 0.3) is 0 Å². The molecule has 10 nitrogen and oxygen atoms in total. The van der Waals surface area contributed by atoms with Crippen LogP contribution < -0.4 is 9.80 Å². The Morgan fingerprint density at radius 1 is 0.457 bits per heavy atom. The lowest BCUT2D eigenvalue weighted by Crippen LogP contribution is -2.54. The van der Waals surface area contributed by atoms with Crippen molar-refractivity contribution < 1.29 is 28.5 Å². The SMILES string of the molecule is CC(C)(C(=O)c1ccc(N2CCOCC2)cc1)N1CCOCC1.CC(C)(C(=O)c1ccc(N2CCOCC2)cc1)N1CCOCC1. The first-order valence-corrected chi connectivity index (χ1v) is 16.8. The van der Waals surface area contributed by atoms with E-state index in [-0.39, 0.29) is 11.6 Å². The van der Waals surface area contributed by atoms with Crippen LogP contribution >= 0.6 is 0 Å². The molecule has 0 bridgehead atoms. The minimum absolute atomic E-state index is 0.174. The van der Waals surface area contributed by atoms with Gasteiger partial charge in [-0.2, -0.15) is 0 Å². The Kier molecular flexibility index (Phi) is 11.9. The highest BCUT2D eigenvalue weighted by Gasteiger charge is 2.37. The van der Waals surface area contributed by atoms with E-state index in [9.17, 15) is 9.59 Å². The molecule has 2 aromatic rings. The summed E-state index contributed by atoms with van der Waals surface area (Å²) in [5.74, 6) is 0.348. The number of carbonyl (C=O) groups excluding carboxylic acids is 2. The first kappa shape index (κ1) is 34.5. The maximum Gasteiger partial charge on any atom is 0.182 e. The van der Waals surface area contributed by atoms with Crippen LogP contribution in [0.2, 0.25) is 0 Å². The lowest BCUT2D eigenvalue weighted by atomic mass is 9.90. The Balaban J connectivity index is 0.000000181. The second-order valence-corrected chi connectivity index (χ2v) is 13.3. The average molecular weight is 637 g/mol. The van der Waals surface area contributed by atoms with E-state index in [4.69, 9.17) is 18.9 Å². The van der Waals surface area contributed by atoms with Gasteiger partial charge < -0.3 is 28.7 Å². The van der Waals surface area contributed by atoms with Crippen molar-refractivity contribution in [3.63, 3.8) is 0 Å². The molecular formula is C36H52N4O6. The van der Waals surface area contributed by atoms with Crippen molar-refractivity contribution in [2.75, 3.05) is 115 Å². The Morgan fingerprint density at radius 2 is 0.717 bits per heavy atom. The molecule has 6 rings (SSSR count). The van der Waals surface area contributed by atoms with Gasteiger partial charge >= 0.3 is 0 Å². The highest BCUT2D eigenvalue weighted by Crippen LogP contribution is 2.26. The summed E-state index contributed by atoms with van der Waals surface area (Å²) in [6.07, 6.45) is 0. The summed E-state index contributed by atoms with van der Waals surface area (Å²) in [5, 5.41) is 0. The first-order chi connectivity index (χ1) is 22.2. The van der Waals surface area contributed by atoms with Gasteiger partial charge in [0.15, 0.2) is 11.6 Å². The van der Waals surface area contributed by atoms with Crippen LogP contribution in [-0.2, 0) is 18.9 Å². The van der Waals surface area contributed by atoms with Crippen LogP contribution in [0.5, 0.6) is 0 Å². The van der Waals surface area contributed by atoms with E-state index in [0.29, 0.717) is 26.4 Å². The number of rotatable bonds is 8. The predicted molar refractivity (Wildman–Crippen MR) is 181 cm³/mol. The molecule has 0 saturated carbocycles. The predicted octanol–water partition coefficient (Wildman–Crippen LogP) is 3.63. The third-order valence-corrected chi connectivity index (χ3v) is 9.73. The minimum Gasteiger partial charge on any atom is -0.379 e. The molecular weight excluding hydrogens is 584 g/mol. The van der Waals surface area contributed by atoms with Gasteiger partial charge in [-0.1, -0.05) is 0 Å². The molecule has 4 fully saturated rings. The lowest BCUT2D eigenvalue weighted by molar-refractivity contribution is -0.00442. The quantitative estimate of drug-likeness (QED) is 0.401. The van der Waals surface area contributed by atoms with Crippen molar-refractivity contribution in [3.05, 3.63) is 59.7 Å².